The molecule has 0 rings (SSSR count). The average molecular weight is 127 g/mol. The maximum absolute atomic E-state index is 5.42. The van der Waals surface area contributed by atoms with Crippen molar-refractivity contribution in [1.82, 2.24) is 4.57 Å². The van der Waals surface area contributed by atoms with Crippen LogP contribution in [0.5, 0.6) is 0 Å². The molecule has 1 nitrogen and oxygen atoms in total. The van der Waals surface area contributed by atoms with E-state index in [4.69, 9.17) is 7.85 Å². The number of hydrogen-bond acceptors (Lipinski definition) is 1. The third kappa shape index (κ3) is 2.52. The molecule has 0 saturated heterocycles. The van der Waals surface area contributed by atoms with Gasteiger partial charge in [0, 0.05) is 0 Å². The van der Waals surface area contributed by atoms with Crippen LogP contribution in [0.2, 0.25) is 19.6 Å². The van der Waals surface area contributed by atoms with Gasteiger partial charge in [0.1, 0.15) is 8.24 Å². The Morgan fingerprint density at radius 3 is 1.75 bits per heavy atom. The molecular weight excluding hydrogens is 113 g/mol. The van der Waals surface area contributed by atoms with E-state index in [1.807, 2.05) is 0 Å². The minimum atomic E-state index is -1.05. The highest BCUT2D eigenvalue weighted by molar-refractivity contribution is 6.73. The maximum atomic E-state index is 5.42. The predicted octanol–water partition coefficient (Wildman–Crippen LogP) is 0.879. The molecule has 0 N–H and O–H groups in total. The van der Waals surface area contributed by atoms with E-state index in [0.717, 1.165) is 0 Å². The van der Waals surface area contributed by atoms with Crippen molar-refractivity contribution in [2.75, 3.05) is 13.5 Å². The molecule has 3 heteroatoms. The zero-order valence-electron chi connectivity index (χ0n) is 6.23. The van der Waals surface area contributed by atoms with Gasteiger partial charge in [0.15, 0.2) is 0 Å². The van der Waals surface area contributed by atoms with Crippen LogP contribution in [-0.4, -0.2) is 34.1 Å². The lowest BCUT2D eigenvalue weighted by Crippen LogP contribution is -2.43. The summed E-state index contributed by atoms with van der Waals surface area (Å²) >= 11 is 0. The molecule has 3 radical (unpaired) electrons. The smallest absolute Gasteiger partial charge is 0.115 e. The quantitative estimate of drug-likeness (QED) is 0.497. The summed E-state index contributed by atoms with van der Waals surface area (Å²) in [6.07, 6.45) is 0.690. The lowest BCUT2D eigenvalue weighted by atomic mass is 10.2. The first-order valence-electron chi connectivity index (χ1n) is 2.90. The van der Waals surface area contributed by atoms with E-state index in [0.29, 0.717) is 6.44 Å². The summed E-state index contributed by atoms with van der Waals surface area (Å²) in [6.45, 7) is 6.83. The molecule has 0 aliphatic rings. The molecule has 0 aromatic rings. The molecular formula is C5H14BNSi-. The van der Waals surface area contributed by atoms with Crippen molar-refractivity contribution in [3.05, 3.63) is 0 Å². The van der Waals surface area contributed by atoms with E-state index >= 15 is 0 Å². The minimum Gasteiger partial charge on any atom is -0.607 e. The molecule has 0 atom stereocenters. The van der Waals surface area contributed by atoms with E-state index in [-0.39, 0.29) is 0 Å². The molecule has 0 heterocycles. The fourth-order valence-electron chi connectivity index (χ4n) is 0.274. The standard InChI is InChI=1S/C5H14BNSi/c1-7(5-6)8(2,3)4/h5H2,1-4H3/q-1. The minimum absolute atomic E-state index is 0.690. The first-order chi connectivity index (χ1) is 3.48. The summed E-state index contributed by atoms with van der Waals surface area (Å²) in [5.41, 5.74) is 0. The monoisotopic (exact) mass is 127 g/mol. The second-order valence-corrected chi connectivity index (χ2v) is 8.16. The van der Waals surface area contributed by atoms with Gasteiger partial charge in [-0.2, -0.15) is 0 Å². The Hall–Kier alpha value is 0.242. The zero-order valence-corrected chi connectivity index (χ0v) is 7.23. The van der Waals surface area contributed by atoms with Crippen LogP contribution < -0.4 is 0 Å². The largest absolute Gasteiger partial charge is 0.607 e. The van der Waals surface area contributed by atoms with Gasteiger partial charge in [-0.25, -0.2) is 6.44 Å². The average Bonchev–Trinajstić information content (AvgIpc) is 1.62. The van der Waals surface area contributed by atoms with Crippen molar-refractivity contribution < 1.29 is 0 Å². The van der Waals surface area contributed by atoms with Gasteiger partial charge >= 0.3 is 0 Å². The molecule has 0 aromatic heterocycles. The Morgan fingerprint density at radius 1 is 1.38 bits per heavy atom. The highest BCUT2D eigenvalue weighted by Crippen LogP contribution is 2.03. The highest BCUT2D eigenvalue weighted by atomic mass is 28.3. The normalized spacial score (nSPS) is 12.8. The highest BCUT2D eigenvalue weighted by Gasteiger charge is 2.14. The van der Waals surface area contributed by atoms with Crippen LogP contribution in [0.3, 0.4) is 0 Å². The van der Waals surface area contributed by atoms with Crippen molar-refractivity contribution in [2.24, 2.45) is 0 Å². The van der Waals surface area contributed by atoms with Crippen LogP contribution in [0, 0.1) is 0 Å². The van der Waals surface area contributed by atoms with Crippen LogP contribution >= 0.6 is 0 Å². The van der Waals surface area contributed by atoms with Crippen LogP contribution in [0.15, 0.2) is 0 Å². The fourth-order valence-corrected chi connectivity index (χ4v) is 0.822. The Balaban J connectivity index is 3.62. The molecule has 47 valence electrons. The molecule has 0 unspecified atom stereocenters. The van der Waals surface area contributed by atoms with E-state index < -0.39 is 8.24 Å². The van der Waals surface area contributed by atoms with E-state index in [2.05, 4.69) is 31.3 Å². The molecule has 0 aliphatic heterocycles. The number of hydrogen-bond donors (Lipinski definition) is 0. The Labute approximate surface area is 54.6 Å². The van der Waals surface area contributed by atoms with Crippen LogP contribution in [0.25, 0.3) is 0 Å². The van der Waals surface area contributed by atoms with Gasteiger partial charge in [0.05, 0.1) is 0 Å². The van der Waals surface area contributed by atoms with Crippen molar-refractivity contribution in [3.63, 3.8) is 0 Å². The molecule has 0 amide bonds. The number of rotatable bonds is 2. The van der Waals surface area contributed by atoms with Gasteiger partial charge < -0.3 is 12.4 Å². The van der Waals surface area contributed by atoms with Gasteiger partial charge in [-0.05, 0) is 7.05 Å². The molecule has 0 aromatic carbocycles. The molecule has 0 fully saturated rings. The molecule has 0 bridgehead atoms. The first-order valence-corrected chi connectivity index (χ1v) is 6.34. The van der Waals surface area contributed by atoms with Gasteiger partial charge in [-0.1, -0.05) is 19.6 Å². The van der Waals surface area contributed by atoms with Gasteiger partial charge in [0.2, 0.25) is 0 Å². The number of nitrogens with zero attached hydrogens (tertiary/aromatic N) is 1. The zero-order chi connectivity index (χ0) is 6.78. The molecule has 0 spiro atoms. The van der Waals surface area contributed by atoms with Crippen molar-refractivity contribution in [3.8, 4) is 0 Å². The third-order valence-electron chi connectivity index (χ3n) is 1.42. The van der Waals surface area contributed by atoms with E-state index in [1.165, 1.54) is 0 Å². The van der Waals surface area contributed by atoms with Crippen molar-refractivity contribution in [1.29, 1.82) is 0 Å². The first kappa shape index (κ1) is 8.24. The van der Waals surface area contributed by atoms with Crippen molar-refractivity contribution >= 4 is 16.1 Å². The summed E-state index contributed by atoms with van der Waals surface area (Å²) in [7, 11) is 6.44. The Bertz CT molecular complexity index is 69.3. The summed E-state index contributed by atoms with van der Waals surface area (Å²) in [5, 5.41) is 0. The second kappa shape index (κ2) is 2.69. The lowest BCUT2D eigenvalue weighted by molar-refractivity contribution is 0.598. The van der Waals surface area contributed by atoms with E-state index in [1.54, 1.807) is 0 Å². The Kier molecular flexibility index (Phi) is 2.77. The summed E-state index contributed by atoms with van der Waals surface area (Å²) in [5.74, 6) is 0. The van der Waals surface area contributed by atoms with Gasteiger partial charge in [-0.15, -0.1) is 0 Å². The van der Waals surface area contributed by atoms with Crippen LogP contribution in [0.4, 0.5) is 0 Å². The lowest BCUT2D eigenvalue weighted by Gasteiger charge is -2.34. The third-order valence-corrected chi connectivity index (χ3v) is 3.89. The molecule has 8 heavy (non-hydrogen) atoms. The SMILES string of the molecule is [B-]CN(C)[Si](C)(C)C. The summed E-state index contributed by atoms with van der Waals surface area (Å²) < 4.78 is 2.23. The molecule has 0 aliphatic carbocycles. The predicted molar refractivity (Wildman–Crippen MR) is 41.7 cm³/mol. The van der Waals surface area contributed by atoms with Gasteiger partial charge in [-0.3, -0.25) is 0 Å². The van der Waals surface area contributed by atoms with E-state index in [9.17, 15) is 0 Å². The summed E-state index contributed by atoms with van der Waals surface area (Å²) in [4.78, 5) is 0. The van der Waals surface area contributed by atoms with Crippen LogP contribution in [-0.2, 0) is 0 Å². The maximum Gasteiger partial charge on any atom is 0.115 e. The second-order valence-electron chi connectivity index (χ2n) is 3.05. The topological polar surface area (TPSA) is 3.24 Å². The van der Waals surface area contributed by atoms with Crippen LogP contribution in [0.1, 0.15) is 0 Å². The molecule has 0 saturated carbocycles. The summed E-state index contributed by atoms with van der Waals surface area (Å²) in [6, 6.07) is 0. The van der Waals surface area contributed by atoms with Gasteiger partial charge in [0.25, 0.3) is 0 Å². The fraction of sp³-hybridized carbons (Fsp3) is 1.00. The van der Waals surface area contributed by atoms with Crippen molar-refractivity contribution in [2.45, 2.75) is 19.6 Å². The Morgan fingerprint density at radius 2 is 1.75 bits per heavy atom.